The number of hydrogen-bond donors (Lipinski definition) is 2. The maximum atomic E-state index is 11.7. The number of rotatable bonds is 5. The Morgan fingerprint density at radius 3 is 2.60 bits per heavy atom. The standard InChI is InChI=1S/C15H15BrN2O2/c16-13-8-11(9-17)6-7-14(13)20-10-15(19)18-12-4-2-1-3-5-12/h1-8H,9-10,17H2,(H,18,19). The number of nitrogens with one attached hydrogen (secondary N) is 1. The summed E-state index contributed by atoms with van der Waals surface area (Å²) in [6, 6.07) is 14.8. The normalized spacial score (nSPS) is 10.1. The van der Waals surface area contributed by atoms with E-state index < -0.39 is 0 Å². The number of carbonyl (C=O) groups is 1. The summed E-state index contributed by atoms with van der Waals surface area (Å²) in [4.78, 5) is 11.7. The fourth-order valence-electron chi connectivity index (χ4n) is 1.65. The number of ether oxygens (including phenoxy) is 1. The van der Waals surface area contributed by atoms with E-state index in [1.807, 2.05) is 42.5 Å². The van der Waals surface area contributed by atoms with Gasteiger partial charge in [-0.15, -0.1) is 0 Å². The molecule has 4 nitrogen and oxygen atoms in total. The van der Waals surface area contributed by atoms with Crippen LogP contribution in [0.3, 0.4) is 0 Å². The average molecular weight is 335 g/mol. The number of para-hydroxylation sites is 1. The van der Waals surface area contributed by atoms with Crippen LogP contribution in [0.2, 0.25) is 0 Å². The van der Waals surface area contributed by atoms with Gasteiger partial charge in [0.15, 0.2) is 6.61 Å². The van der Waals surface area contributed by atoms with Gasteiger partial charge in [0.2, 0.25) is 0 Å². The first-order valence-electron chi connectivity index (χ1n) is 6.15. The smallest absolute Gasteiger partial charge is 0.262 e. The molecule has 0 aliphatic rings. The van der Waals surface area contributed by atoms with Crippen LogP contribution in [-0.4, -0.2) is 12.5 Å². The zero-order valence-corrected chi connectivity index (χ0v) is 12.4. The van der Waals surface area contributed by atoms with Crippen molar-refractivity contribution in [3.8, 4) is 5.75 Å². The lowest BCUT2D eigenvalue weighted by molar-refractivity contribution is -0.118. The molecule has 104 valence electrons. The quantitative estimate of drug-likeness (QED) is 0.883. The number of halogens is 1. The van der Waals surface area contributed by atoms with Crippen molar-refractivity contribution in [3.63, 3.8) is 0 Å². The SMILES string of the molecule is NCc1ccc(OCC(=O)Nc2ccccc2)c(Br)c1. The zero-order valence-electron chi connectivity index (χ0n) is 10.8. The van der Waals surface area contributed by atoms with Crippen LogP contribution in [0.5, 0.6) is 5.75 Å². The average Bonchev–Trinajstić information content (AvgIpc) is 2.47. The number of carbonyl (C=O) groups excluding carboxylic acids is 1. The minimum atomic E-state index is -0.203. The van der Waals surface area contributed by atoms with E-state index in [4.69, 9.17) is 10.5 Å². The Balaban J connectivity index is 1.90. The molecule has 0 unspecified atom stereocenters. The van der Waals surface area contributed by atoms with Gasteiger partial charge in [-0.1, -0.05) is 24.3 Å². The van der Waals surface area contributed by atoms with Gasteiger partial charge in [0.1, 0.15) is 5.75 Å². The molecule has 20 heavy (non-hydrogen) atoms. The van der Waals surface area contributed by atoms with Crippen molar-refractivity contribution in [1.82, 2.24) is 0 Å². The minimum absolute atomic E-state index is 0.0462. The molecule has 5 heteroatoms. The molecule has 0 saturated carbocycles. The Morgan fingerprint density at radius 2 is 1.95 bits per heavy atom. The van der Waals surface area contributed by atoms with Gasteiger partial charge in [-0.3, -0.25) is 4.79 Å². The molecule has 2 aromatic carbocycles. The third kappa shape index (κ3) is 4.08. The van der Waals surface area contributed by atoms with Crippen LogP contribution in [-0.2, 0) is 11.3 Å². The Kier molecular flexibility index (Phi) is 5.15. The molecule has 0 aliphatic carbocycles. The summed E-state index contributed by atoms with van der Waals surface area (Å²) >= 11 is 3.39. The highest BCUT2D eigenvalue weighted by Gasteiger charge is 2.06. The highest BCUT2D eigenvalue weighted by atomic mass is 79.9. The Bertz CT molecular complexity index is 588. The molecule has 1 amide bonds. The van der Waals surface area contributed by atoms with E-state index in [-0.39, 0.29) is 12.5 Å². The Hall–Kier alpha value is -1.85. The summed E-state index contributed by atoms with van der Waals surface area (Å²) in [6.45, 7) is 0.419. The minimum Gasteiger partial charge on any atom is -0.483 e. The molecule has 3 N–H and O–H groups in total. The third-order valence-electron chi connectivity index (χ3n) is 2.65. The Labute approximate surface area is 126 Å². The second-order valence-corrected chi connectivity index (χ2v) is 5.03. The van der Waals surface area contributed by atoms with Gasteiger partial charge in [0.05, 0.1) is 4.47 Å². The van der Waals surface area contributed by atoms with Crippen LogP contribution < -0.4 is 15.8 Å². The summed E-state index contributed by atoms with van der Waals surface area (Å²) in [5.74, 6) is 0.413. The van der Waals surface area contributed by atoms with E-state index in [1.54, 1.807) is 6.07 Å². The molecule has 2 rings (SSSR count). The molecule has 0 heterocycles. The van der Waals surface area contributed by atoms with E-state index in [0.717, 1.165) is 15.7 Å². The molecule has 0 atom stereocenters. The lowest BCUT2D eigenvalue weighted by Crippen LogP contribution is -2.20. The third-order valence-corrected chi connectivity index (χ3v) is 3.27. The largest absolute Gasteiger partial charge is 0.483 e. The molecule has 0 bridgehead atoms. The molecular weight excluding hydrogens is 320 g/mol. The van der Waals surface area contributed by atoms with Crippen LogP contribution in [0.4, 0.5) is 5.69 Å². The molecule has 0 fully saturated rings. The second-order valence-electron chi connectivity index (χ2n) is 4.17. The highest BCUT2D eigenvalue weighted by molar-refractivity contribution is 9.10. The van der Waals surface area contributed by atoms with Gasteiger partial charge in [0, 0.05) is 12.2 Å². The van der Waals surface area contributed by atoms with Crippen molar-refractivity contribution >= 4 is 27.5 Å². The summed E-state index contributed by atoms with van der Waals surface area (Å²) in [5.41, 5.74) is 7.30. The monoisotopic (exact) mass is 334 g/mol. The topological polar surface area (TPSA) is 64.3 Å². The molecule has 0 aromatic heterocycles. The van der Waals surface area contributed by atoms with Crippen LogP contribution in [0.25, 0.3) is 0 Å². The zero-order chi connectivity index (χ0) is 14.4. The maximum Gasteiger partial charge on any atom is 0.262 e. The first-order valence-corrected chi connectivity index (χ1v) is 6.94. The van der Waals surface area contributed by atoms with Gasteiger partial charge in [-0.05, 0) is 45.8 Å². The second kappa shape index (κ2) is 7.07. The molecule has 0 aliphatic heterocycles. The molecule has 0 spiro atoms. The predicted octanol–water partition coefficient (Wildman–Crippen LogP) is 2.93. The number of nitrogens with two attached hydrogens (primary N) is 1. The summed E-state index contributed by atoms with van der Waals surface area (Å²) in [6.07, 6.45) is 0. The van der Waals surface area contributed by atoms with Crippen molar-refractivity contribution in [2.24, 2.45) is 5.73 Å². The predicted molar refractivity (Wildman–Crippen MR) is 82.6 cm³/mol. The fourth-order valence-corrected chi connectivity index (χ4v) is 2.19. The van der Waals surface area contributed by atoms with E-state index in [1.165, 1.54) is 0 Å². The van der Waals surface area contributed by atoms with Crippen molar-refractivity contribution in [1.29, 1.82) is 0 Å². The fraction of sp³-hybridized carbons (Fsp3) is 0.133. The number of hydrogen-bond acceptors (Lipinski definition) is 3. The first kappa shape index (κ1) is 14.6. The lowest BCUT2D eigenvalue weighted by Gasteiger charge is -2.09. The van der Waals surface area contributed by atoms with Crippen LogP contribution >= 0.6 is 15.9 Å². The van der Waals surface area contributed by atoms with Crippen LogP contribution in [0, 0.1) is 0 Å². The summed E-state index contributed by atoms with van der Waals surface area (Å²) < 4.78 is 6.26. The van der Waals surface area contributed by atoms with Crippen LogP contribution in [0.1, 0.15) is 5.56 Å². The van der Waals surface area contributed by atoms with Crippen molar-refractivity contribution in [3.05, 3.63) is 58.6 Å². The first-order chi connectivity index (χ1) is 9.69. The van der Waals surface area contributed by atoms with Crippen molar-refractivity contribution in [2.75, 3.05) is 11.9 Å². The van der Waals surface area contributed by atoms with E-state index in [0.29, 0.717) is 12.3 Å². The maximum absolute atomic E-state index is 11.7. The van der Waals surface area contributed by atoms with Gasteiger partial charge in [0.25, 0.3) is 5.91 Å². The van der Waals surface area contributed by atoms with E-state index in [2.05, 4.69) is 21.2 Å². The van der Waals surface area contributed by atoms with Gasteiger partial charge < -0.3 is 15.8 Å². The van der Waals surface area contributed by atoms with Crippen molar-refractivity contribution < 1.29 is 9.53 Å². The summed E-state index contributed by atoms with van der Waals surface area (Å²) in [7, 11) is 0. The van der Waals surface area contributed by atoms with Gasteiger partial charge in [-0.25, -0.2) is 0 Å². The van der Waals surface area contributed by atoms with Gasteiger partial charge in [-0.2, -0.15) is 0 Å². The number of amides is 1. The number of anilines is 1. The van der Waals surface area contributed by atoms with Gasteiger partial charge >= 0.3 is 0 Å². The Morgan fingerprint density at radius 1 is 1.20 bits per heavy atom. The summed E-state index contributed by atoms with van der Waals surface area (Å²) in [5, 5.41) is 2.75. The van der Waals surface area contributed by atoms with E-state index in [9.17, 15) is 4.79 Å². The highest BCUT2D eigenvalue weighted by Crippen LogP contribution is 2.25. The lowest BCUT2D eigenvalue weighted by atomic mass is 10.2. The molecule has 0 saturated heterocycles. The number of benzene rings is 2. The molecular formula is C15H15BrN2O2. The molecule has 0 radical (unpaired) electrons. The van der Waals surface area contributed by atoms with Crippen molar-refractivity contribution in [2.45, 2.75) is 6.54 Å². The molecule has 2 aromatic rings. The van der Waals surface area contributed by atoms with Crippen LogP contribution in [0.15, 0.2) is 53.0 Å². The van der Waals surface area contributed by atoms with E-state index >= 15 is 0 Å².